The van der Waals surface area contributed by atoms with Crippen LogP contribution in [0.2, 0.25) is 0 Å². The van der Waals surface area contributed by atoms with Crippen LogP contribution in [0.3, 0.4) is 0 Å². The van der Waals surface area contributed by atoms with E-state index in [0.717, 1.165) is 46.6 Å². The van der Waals surface area contributed by atoms with Crippen LogP contribution in [0.1, 0.15) is 31.2 Å². The highest BCUT2D eigenvalue weighted by Crippen LogP contribution is 2.31. The maximum atomic E-state index is 13.3. The van der Waals surface area contributed by atoms with Crippen molar-refractivity contribution in [2.24, 2.45) is 5.92 Å². The molecular formula is C21H22FN5OS. The Labute approximate surface area is 171 Å². The van der Waals surface area contributed by atoms with Crippen molar-refractivity contribution < 1.29 is 9.50 Å². The molecule has 1 aromatic carbocycles. The lowest BCUT2D eigenvalue weighted by Crippen LogP contribution is -2.27. The number of anilines is 1. The van der Waals surface area contributed by atoms with Crippen LogP contribution >= 0.6 is 11.3 Å². The molecule has 0 aliphatic heterocycles. The molecule has 0 unspecified atom stereocenters. The molecular weight excluding hydrogens is 389 g/mol. The summed E-state index contributed by atoms with van der Waals surface area (Å²) in [6.07, 6.45) is 7.21. The highest BCUT2D eigenvalue weighted by Gasteiger charge is 2.21. The maximum absolute atomic E-state index is 13.3. The van der Waals surface area contributed by atoms with Crippen molar-refractivity contribution in [3.05, 3.63) is 48.2 Å². The van der Waals surface area contributed by atoms with E-state index in [2.05, 4.69) is 27.4 Å². The molecule has 150 valence electrons. The fourth-order valence-corrected chi connectivity index (χ4v) is 5.04. The summed E-state index contributed by atoms with van der Waals surface area (Å²) in [6.45, 7) is 0.921. The predicted molar refractivity (Wildman–Crippen MR) is 113 cm³/mol. The van der Waals surface area contributed by atoms with Gasteiger partial charge in [0.2, 0.25) is 0 Å². The molecule has 0 saturated heterocycles. The van der Waals surface area contributed by atoms with Crippen LogP contribution in [0, 0.1) is 11.7 Å². The summed E-state index contributed by atoms with van der Waals surface area (Å²) < 4.78 is 16.4. The van der Waals surface area contributed by atoms with E-state index in [9.17, 15) is 9.50 Å². The van der Waals surface area contributed by atoms with Crippen molar-refractivity contribution >= 4 is 37.8 Å². The van der Waals surface area contributed by atoms with Crippen LogP contribution in [-0.2, 0) is 6.54 Å². The van der Waals surface area contributed by atoms with E-state index in [1.165, 1.54) is 12.3 Å². The zero-order chi connectivity index (χ0) is 19.8. The van der Waals surface area contributed by atoms with Crippen LogP contribution in [0.4, 0.5) is 9.52 Å². The summed E-state index contributed by atoms with van der Waals surface area (Å²) in [5.74, 6) is 0.0786. The van der Waals surface area contributed by atoms with Crippen molar-refractivity contribution in [1.82, 2.24) is 19.5 Å². The molecule has 1 aliphatic rings. The number of imidazole rings is 1. The van der Waals surface area contributed by atoms with Gasteiger partial charge >= 0.3 is 0 Å². The van der Waals surface area contributed by atoms with Crippen molar-refractivity contribution in [2.75, 3.05) is 11.9 Å². The average molecular weight is 412 g/mol. The minimum atomic E-state index is -0.376. The molecule has 0 spiro atoms. The van der Waals surface area contributed by atoms with Crippen LogP contribution in [0.5, 0.6) is 0 Å². The first-order chi connectivity index (χ1) is 14.2. The lowest BCUT2D eigenvalue weighted by Gasteiger charge is -2.27. The second-order valence-corrected chi connectivity index (χ2v) is 8.77. The molecule has 3 heterocycles. The van der Waals surface area contributed by atoms with Gasteiger partial charge < -0.3 is 15.0 Å². The molecule has 0 amide bonds. The van der Waals surface area contributed by atoms with E-state index in [4.69, 9.17) is 4.98 Å². The zero-order valence-corrected chi connectivity index (χ0v) is 16.7. The number of nitrogens with zero attached hydrogens (tertiary/aromatic N) is 4. The first-order valence-electron chi connectivity index (χ1n) is 9.91. The molecule has 29 heavy (non-hydrogen) atoms. The van der Waals surface area contributed by atoms with Gasteiger partial charge in [-0.2, -0.15) is 0 Å². The fraction of sp³-hybridized carbons (Fsp3) is 0.381. The summed E-state index contributed by atoms with van der Waals surface area (Å²) in [4.78, 5) is 13.1. The number of benzene rings is 1. The summed E-state index contributed by atoms with van der Waals surface area (Å²) >= 11 is 1.67. The smallest absolute Gasteiger partial charge is 0.184 e. The van der Waals surface area contributed by atoms with Gasteiger partial charge in [0, 0.05) is 18.7 Å². The monoisotopic (exact) mass is 411 g/mol. The third-order valence-corrected chi connectivity index (χ3v) is 6.61. The SMILES string of the molecule is OC[C@H]1CC[C@@H](Nc2nc3ccc(Cn4cnc5cc(F)cnc54)cc3s2)CC1. The Morgan fingerprint density at radius 2 is 2.00 bits per heavy atom. The number of thiazole rings is 1. The van der Waals surface area contributed by atoms with E-state index in [1.54, 1.807) is 17.7 Å². The summed E-state index contributed by atoms with van der Waals surface area (Å²) in [6, 6.07) is 8.09. The van der Waals surface area contributed by atoms with Crippen molar-refractivity contribution in [1.29, 1.82) is 0 Å². The van der Waals surface area contributed by atoms with Crippen molar-refractivity contribution in [3.63, 3.8) is 0 Å². The summed E-state index contributed by atoms with van der Waals surface area (Å²) in [7, 11) is 0. The molecule has 0 bridgehead atoms. The van der Waals surface area contributed by atoms with Gasteiger partial charge in [-0.3, -0.25) is 0 Å². The van der Waals surface area contributed by atoms with E-state index >= 15 is 0 Å². The molecule has 5 rings (SSSR count). The van der Waals surface area contributed by atoms with Crippen LogP contribution in [-0.4, -0.2) is 37.3 Å². The van der Waals surface area contributed by atoms with Gasteiger partial charge in [0.1, 0.15) is 11.3 Å². The number of hydrogen-bond donors (Lipinski definition) is 2. The molecule has 3 aromatic heterocycles. The molecule has 1 aliphatic carbocycles. The van der Waals surface area contributed by atoms with E-state index in [1.807, 2.05) is 10.6 Å². The molecule has 2 N–H and O–H groups in total. The van der Waals surface area contributed by atoms with E-state index in [-0.39, 0.29) is 5.82 Å². The van der Waals surface area contributed by atoms with Gasteiger partial charge in [-0.05, 0) is 49.3 Å². The number of aromatic nitrogens is 4. The molecule has 1 fully saturated rings. The van der Waals surface area contributed by atoms with Gasteiger partial charge in [-0.15, -0.1) is 0 Å². The third kappa shape index (κ3) is 3.82. The minimum Gasteiger partial charge on any atom is -0.396 e. The first kappa shape index (κ1) is 18.4. The quantitative estimate of drug-likeness (QED) is 0.515. The maximum Gasteiger partial charge on any atom is 0.184 e. The molecule has 1 saturated carbocycles. The van der Waals surface area contributed by atoms with Gasteiger partial charge in [0.05, 0.1) is 29.3 Å². The number of aliphatic hydroxyl groups excluding tert-OH is 1. The topological polar surface area (TPSA) is 75.9 Å². The van der Waals surface area contributed by atoms with Gasteiger partial charge in [-0.25, -0.2) is 19.3 Å². The van der Waals surface area contributed by atoms with Crippen LogP contribution in [0.25, 0.3) is 21.4 Å². The predicted octanol–water partition coefficient (Wildman–Crippen LogP) is 4.19. The summed E-state index contributed by atoms with van der Waals surface area (Å²) in [5.41, 5.74) is 3.35. The molecule has 8 heteroatoms. The Hall–Kier alpha value is -2.58. The zero-order valence-electron chi connectivity index (χ0n) is 15.9. The van der Waals surface area contributed by atoms with E-state index in [0.29, 0.717) is 36.3 Å². The third-order valence-electron chi connectivity index (χ3n) is 5.66. The number of nitrogens with one attached hydrogen (secondary N) is 1. The molecule has 6 nitrogen and oxygen atoms in total. The second kappa shape index (κ2) is 7.68. The van der Waals surface area contributed by atoms with E-state index < -0.39 is 0 Å². The number of fused-ring (bicyclic) bond motifs is 2. The van der Waals surface area contributed by atoms with Crippen molar-refractivity contribution in [2.45, 2.75) is 38.3 Å². The van der Waals surface area contributed by atoms with Gasteiger partial charge in [0.25, 0.3) is 0 Å². The van der Waals surface area contributed by atoms with Crippen molar-refractivity contribution in [3.8, 4) is 0 Å². The van der Waals surface area contributed by atoms with Gasteiger partial charge in [-0.1, -0.05) is 17.4 Å². The fourth-order valence-electron chi connectivity index (χ4n) is 4.03. The normalized spacial score (nSPS) is 19.8. The average Bonchev–Trinajstić information content (AvgIpc) is 3.31. The van der Waals surface area contributed by atoms with Crippen LogP contribution in [0.15, 0.2) is 36.8 Å². The minimum absolute atomic E-state index is 0.299. The Kier molecular flexibility index (Phi) is 4.89. The Morgan fingerprint density at radius 1 is 1.14 bits per heavy atom. The number of aliphatic hydroxyl groups is 1. The van der Waals surface area contributed by atoms with Gasteiger partial charge in [0.15, 0.2) is 10.8 Å². The Bertz CT molecular complexity index is 1150. The Morgan fingerprint density at radius 3 is 2.83 bits per heavy atom. The summed E-state index contributed by atoms with van der Waals surface area (Å²) in [5, 5.41) is 13.8. The van der Waals surface area contributed by atoms with Crippen LogP contribution < -0.4 is 5.32 Å². The highest BCUT2D eigenvalue weighted by molar-refractivity contribution is 7.22. The molecule has 0 atom stereocenters. The lowest BCUT2D eigenvalue weighted by molar-refractivity contribution is 0.186. The Balaban J connectivity index is 1.32. The standard InChI is InChI=1S/C21H22FN5OS/c22-15-8-18-20(23-9-15)27(12-24-18)10-14-3-6-17-19(7-14)29-21(26-17)25-16-4-1-13(11-28)2-5-16/h3,6-9,12-13,16,28H,1-2,4-5,10-11H2,(H,25,26)/t13-,16+. The second-order valence-electron chi connectivity index (χ2n) is 7.73. The number of rotatable bonds is 5. The number of pyridine rings is 1. The first-order valence-corrected chi connectivity index (χ1v) is 10.7. The number of halogens is 1. The molecule has 0 radical (unpaired) electrons. The molecule has 4 aromatic rings. The number of hydrogen-bond acceptors (Lipinski definition) is 6. The lowest BCUT2D eigenvalue weighted by atomic mass is 9.87. The largest absolute Gasteiger partial charge is 0.396 e. The highest BCUT2D eigenvalue weighted by atomic mass is 32.1.